The maximum absolute atomic E-state index is 12.2. The SMILES string of the molecule is CCCCCCCCCCCCNc1nc(Cl)nc2c1ncn2[C@@H]1O[C@H](CCP(=O)(O)CP(=O)(O)O)[C@H](O)C1O. The quantitative estimate of drug-likeness (QED) is 0.0783. The standard InChI is InChI=1S/C24H42ClN5O8P2/c1-2-3-4-5-6-7-8-9-10-11-13-26-21-18-22(29-24(25)28-21)30(15-27-18)23-20(32)19(31)17(38-23)12-14-39(33,34)16-40(35,36)37/h15,17,19-20,23,31-32H,2-14,16H2,1H3,(H,33,34)(H,26,28,29)(H2,35,36,37)/t17-,19+,20?,23-/m1/s1. The van der Waals surface area contributed by atoms with Crippen molar-refractivity contribution < 1.29 is 38.8 Å². The van der Waals surface area contributed by atoms with Crippen molar-refractivity contribution in [3.63, 3.8) is 0 Å². The number of unbranched alkanes of at least 4 members (excludes halogenated alkanes) is 9. The summed E-state index contributed by atoms with van der Waals surface area (Å²) in [6.45, 7) is 2.89. The molecule has 5 atom stereocenters. The van der Waals surface area contributed by atoms with Gasteiger partial charge in [-0.3, -0.25) is 13.7 Å². The fourth-order valence-electron chi connectivity index (χ4n) is 4.90. The maximum Gasteiger partial charge on any atom is 0.335 e. The molecule has 6 N–H and O–H groups in total. The molecule has 0 spiro atoms. The van der Waals surface area contributed by atoms with Crippen molar-refractivity contribution in [2.45, 2.75) is 102 Å². The average molecular weight is 626 g/mol. The molecule has 3 heterocycles. The van der Waals surface area contributed by atoms with Crippen LogP contribution in [0.1, 0.15) is 83.8 Å². The number of rotatable bonds is 18. The van der Waals surface area contributed by atoms with Crippen LogP contribution in [-0.2, 0) is 13.9 Å². The first-order valence-electron chi connectivity index (χ1n) is 13.9. The molecule has 2 aromatic rings. The van der Waals surface area contributed by atoms with E-state index in [1.807, 2.05) is 0 Å². The number of ether oxygens (including phenoxy) is 1. The number of aliphatic hydroxyl groups excluding tert-OH is 2. The van der Waals surface area contributed by atoms with E-state index in [2.05, 4.69) is 27.2 Å². The van der Waals surface area contributed by atoms with Crippen molar-refractivity contribution in [1.29, 1.82) is 0 Å². The number of aliphatic hydroxyl groups is 2. The molecule has 13 nitrogen and oxygen atoms in total. The van der Waals surface area contributed by atoms with Crippen LogP contribution in [0, 0.1) is 0 Å². The first-order valence-corrected chi connectivity index (χ1v) is 18.1. The Morgan fingerprint density at radius 2 is 1.60 bits per heavy atom. The maximum atomic E-state index is 12.2. The number of anilines is 1. The van der Waals surface area contributed by atoms with E-state index >= 15 is 0 Å². The highest BCUT2D eigenvalue weighted by molar-refractivity contribution is 7.72. The van der Waals surface area contributed by atoms with Gasteiger partial charge < -0.3 is 34.9 Å². The van der Waals surface area contributed by atoms with Gasteiger partial charge in [0, 0.05) is 12.7 Å². The number of fused-ring (bicyclic) bond motifs is 1. The van der Waals surface area contributed by atoms with Crippen molar-refractivity contribution in [1.82, 2.24) is 19.5 Å². The summed E-state index contributed by atoms with van der Waals surface area (Å²) in [4.78, 5) is 40.8. The Bertz CT molecular complexity index is 1180. The van der Waals surface area contributed by atoms with Crippen LogP contribution >= 0.6 is 26.6 Å². The third-order valence-electron chi connectivity index (χ3n) is 7.00. The Balaban J connectivity index is 1.55. The van der Waals surface area contributed by atoms with Crippen molar-refractivity contribution >= 4 is 43.5 Å². The Labute approximate surface area is 239 Å². The fourth-order valence-corrected chi connectivity index (χ4v) is 8.59. The number of hydrogen-bond donors (Lipinski definition) is 6. The second kappa shape index (κ2) is 15.4. The zero-order chi connectivity index (χ0) is 29.3. The smallest absolute Gasteiger partial charge is 0.335 e. The van der Waals surface area contributed by atoms with Gasteiger partial charge in [0.1, 0.15) is 18.1 Å². The Morgan fingerprint density at radius 3 is 2.23 bits per heavy atom. The van der Waals surface area contributed by atoms with E-state index < -0.39 is 51.6 Å². The molecule has 2 unspecified atom stereocenters. The Hall–Kier alpha value is -1.14. The number of nitrogens with zero attached hydrogens (tertiary/aromatic N) is 4. The average Bonchev–Trinajstić information content (AvgIpc) is 3.40. The van der Waals surface area contributed by atoms with E-state index in [9.17, 15) is 24.2 Å². The normalized spacial score (nSPS) is 23.1. The molecule has 1 fully saturated rings. The predicted molar refractivity (Wildman–Crippen MR) is 153 cm³/mol. The summed E-state index contributed by atoms with van der Waals surface area (Å²) in [6, 6.07) is 0. The molecule has 0 radical (unpaired) electrons. The van der Waals surface area contributed by atoms with Crippen molar-refractivity contribution in [3.8, 4) is 0 Å². The first-order chi connectivity index (χ1) is 18.9. The lowest BCUT2D eigenvalue weighted by Gasteiger charge is -2.18. The van der Waals surface area contributed by atoms with E-state index in [0.717, 1.165) is 12.8 Å². The van der Waals surface area contributed by atoms with Crippen LogP contribution in [0.25, 0.3) is 11.2 Å². The van der Waals surface area contributed by atoms with Crippen LogP contribution in [0.4, 0.5) is 5.82 Å². The summed E-state index contributed by atoms with van der Waals surface area (Å²) in [6.07, 6.45) is 7.94. The molecule has 0 aliphatic carbocycles. The van der Waals surface area contributed by atoms with E-state index in [1.165, 1.54) is 62.3 Å². The first kappa shape index (κ1) is 33.4. The summed E-state index contributed by atoms with van der Waals surface area (Å²) < 4.78 is 30.5. The van der Waals surface area contributed by atoms with Crippen molar-refractivity contribution in [3.05, 3.63) is 11.6 Å². The second-order valence-electron chi connectivity index (χ2n) is 10.5. The van der Waals surface area contributed by atoms with Crippen LogP contribution in [0.15, 0.2) is 6.33 Å². The summed E-state index contributed by atoms with van der Waals surface area (Å²) in [7, 11) is -8.87. The lowest BCUT2D eigenvalue weighted by Crippen LogP contribution is -2.32. The molecule has 0 saturated carbocycles. The van der Waals surface area contributed by atoms with E-state index in [1.54, 1.807) is 0 Å². The molecule has 0 aromatic carbocycles. The number of halogens is 1. The molecule has 0 amide bonds. The molecule has 1 saturated heterocycles. The number of aromatic nitrogens is 4. The van der Waals surface area contributed by atoms with Gasteiger partial charge >= 0.3 is 7.60 Å². The van der Waals surface area contributed by atoms with E-state index in [-0.39, 0.29) is 17.4 Å². The van der Waals surface area contributed by atoms with Crippen LogP contribution < -0.4 is 5.32 Å². The Kier molecular flexibility index (Phi) is 12.8. The largest absolute Gasteiger partial charge is 0.388 e. The van der Waals surface area contributed by atoms with Gasteiger partial charge in [0.15, 0.2) is 23.2 Å². The van der Waals surface area contributed by atoms with Gasteiger partial charge in [-0.2, -0.15) is 9.97 Å². The zero-order valence-corrected chi connectivity index (χ0v) is 25.4. The van der Waals surface area contributed by atoms with Gasteiger partial charge in [0.05, 0.1) is 12.4 Å². The van der Waals surface area contributed by atoms with E-state index in [0.29, 0.717) is 17.9 Å². The number of nitrogens with one attached hydrogen (secondary N) is 1. The third kappa shape index (κ3) is 10.00. The monoisotopic (exact) mass is 625 g/mol. The third-order valence-corrected chi connectivity index (χ3v) is 11.4. The lowest BCUT2D eigenvalue weighted by atomic mass is 10.1. The zero-order valence-electron chi connectivity index (χ0n) is 22.8. The summed E-state index contributed by atoms with van der Waals surface area (Å²) in [5.41, 5.74) is 0.684. The van der Waals surface area contributed by atoms with Crippen LogP contribution in [0.3, 0.4) is 0 Å². The van der Waals surface area contributed by atoms with Crippen molar-refractivity contribution in [2.75, 3.05) is 23.9 Å². The molecule has 1 aliphatic heterocycles. The minimum atomic E-state index is -4.70. The topological polar surface area (TPSA) is 200 Å². The van der Waals surface area contributed by atoms with Gasteiger partial charge in [-0.25, -0.2) is 4.98 Å². The summed E-state index contributed by atoms with van der Waals surface area (Å²) in [5.74, 6) is -0.724. The van der Waals surface area contributed by atoms with Crippen LogP contribution in [0.2, 0.25) is 5.28 Å². The van der Waals surface area contributed by atoms with Gasteiger partial charge in [-0.05, 0) is 24.4 Å². The highest BCUT2D eigenvalue weighted by Crippen LogP contribution is 2.55. The summed E-state index contributed by atoms with van der Waals surface area (Å²) in [5, 5.41) is 24.4. The molecular weight excluding hydrogens is 584 g/mol. The lowest BCUT2D eigenvalue weighted by molar-refractivity contribution is -0.0354. The molecule has 2 aromatic heterocycles. The highest BCUT2D eigenvalue weighted by Gasteiger charge is 2.45. The second-order valence-corrected chi connectivity index (χ2v) is 15.4. The minimum absolute atomic E-state index is 0.0388. The molecule has 3 rings (SSSR count). The highest BCUT2D eigenvalue weighted by atomic mass is 35.5. The Morgan fingerprint density at radius 1 is 0.975 bits per heavy atom. The fraction of sp³-hybridized carbons (Fsp3) is 0.792. The molecule has 1 aliphatic rings. The van der Waals surface area contributed by atoms with Crippen LogP contribution in [-0.4, -0.2) is 81.3 Å². The minimum Gasteiger partial charge on any atom is -0.388 e. The van der Waals surface area contributed by atoms with Gasteiger partial charge in [-0.15, -0.1) is 0 Å². The van der Waals surface area contributed by atoms with E-state index in [4.69, 9.17) is 26.1 Å². The van der Waals surface area contributed by atoms with Crippen LogP contribution in [0.5, 0.6) is 0 Å². The molecular formula is C24H42ClN5O8P2. The molecule has 16 heteroatoms. The van der Waals surface area contributed by atoms with Gasteiger partial charge in [-0.1, -0.05) is 64.7 Å². The summed E-state index contributed by atoms with van der Waals surface area (Å²) >= 11 is 6.17. The molecule has 40 heavy (non-hydrogen) atoms. The predicted octanol–water partition coefficient (Wildman–Crippen LogP) is 4.23. The van der Waals surface area contributed by atoms with Gasteiger partial charge in [0.25, 0.3) is 0 Å². The molecule has 228 valence electrons. The number of imidazole rings is 1. The molecule has 0 bridgehead atoms. The van der Waals surface area contributed by atoms with Gasteiger partial charge in [0.2, 0.25) is 12.7 Å². The number of hydrogen-bond acceptors (Lipinski definition) is 9. The van der Waals surface area contributed by atoms with Crippen molar-refractivity contribution in [2.24, 2.45) is 0 Å².